The van der Waals surface area contributed by atoms with Crippen LogP contribution in [0.4, 0.5) is 0 Å². The summed E-state index contributed by atoms with van der Waals surface area (Å²) in [6.45, 7) is 1.70. The molecule has 1 aromatic carbocycles. The van der Waals surface area contributed by atoms with E-state index in [1.807, 2.05) is 0 Å². The van der Waals surface area contributed by atoms with Gasteiger partial charge in [0.05, 0.1) is 0 Å². The third-order valence-corrected chi connectivity index (χ3v) is 2.12. The first kappa shape index (κ1) is 9.92. The fourth-order valence-corrected chi connectivity index (χ4v) is 1.47. The number of aliphatic carboxylic acids is 1. The van der Waals surface area contributed by atoms with Gasteiger partial charge in [-0.2, -0.15) is 0 Å². The van der Waals surface area contributed by atoms with Crippen molar-refractivity contribution in [2.24, 2.45) is 0 Å². The number of halogens is 1. The minimum atomic E-state index is -1.43. The molecule has 0 unspecified atom stereocenters. The van der Waals surface area contributed by atoms with Crippen molar-refractivity contribution in [3.8, 4) is 0 Å². The van der Waals surface area contributed by atoms with E-state index in [1.54, 1.807) is 19.1 Å². The maximum absolute atomic E-state index is 11.1. The molecule has 1 rings (SSSR count). The van der Waals surface area contributed by atoms with Gasteiger partial charge in [-0.25, -0.2) is 4.79 Å². The minimum absolute atomic E-state index is 0.232. The van der Waals surface area contributed by atoms with Gasteiger partial charge in [0.25, 0.3) is 5.78 Å². The van der Waals surface area contributed by atoms with Crippen LogP contribution in [-0.2, 0) is 4.79 Å². The smallest absolute Gasteiger partial charge is 0.377 e. The van der Waals surface area contributed by atoms with Gasteiger partial charge in [0.1, 0.15) is 0 Å². The number of carbonyl (C=O) groups is 2. The fraction of sp³-hybridized carbons (Fsp3) is 0.111. The SMILES string of the molecule is Cc1cc(Br)ccc1C(=O)C(=O)O. The second-order valence-corrected chi connectivity index (χ2v) is 3.51. The fourth-order valence-electron chi connectivity index (χ4n) is 0.997. The van der Waals surface area contributed by atoms with Crippen LogP contribution in [0.15, 0.2) is 22.7 Å². The molecule has 4 heteroatoms. The summed E-state index contributed by atoms with van der Waals surface area (Å²) in [7, 11) is 0. The van der Waals surface area contributed by atoms with E-state index in [9.17, 15) is 9.59 Å². The zero-order valence-corrected chi connectivity index (χ0v) is 8.46. The van der Waals surface area contributed by atoms with Gasteiger partial charge in [0.2, 0.25) is 0 Å². The summed E-state index contributed by atoms with van der Waals surface area (Å²) in [5.41, 5.74) is 0.887. The average molecular weight is 243 g/mol. The third kappa shape index (κ3) is 2.15. The van der Waals surface area contributed by atoms with E-state index < -0.39 is 11.8 Å². The van der Waals surface area contributed by atoms with E-state index in [0.29, 0.717) is 5.56 Å². The summed E-state index contributed by atoms with van der Waals surface area (Å²) in [4.78, 5) is 21.4. The number of aryl methyl sites for hydroxylation is 1. The van der Waals surface area contributed by atoms with Gasteiger partial charge in [0, 0.05) is 10.0 Å². The molecule has 0 amide bonds. The number of carboxylic acids is 1. The number of hydrogen-bond acceptors (Lipinski definition) is 2. The van der Waals surface area contributed by atoms with Crippen molar-refractivity contribution in [2.75, 3.05) is 0 Å². The number of carboxylic acid groups (broad SMARTS) is 1. The Morgan fingerprint density at radius 1 is 1.38 bits per heavy atom. The first-order chi connectivity index (χ1) is 6.02. The van der Waals surface area contributed by atoms with Gasteiger partial charge in [-0.05, 0) is 30.7 Å². The number of rotatable bonds is 2. The van der Waals surface area contributed by atoms with Crippen LogP contribution in [0.2, 0.25) is 0 Å². The lowest BCUT2D eigenvalue weighted by Gasteiger charge is -2.01. The average Bonchev–Trinajstić information content (AvgIpc) is 2.03. The Labute approximate surface area is 83.5 Å². The minimum Gasteiger partial charge on any atom is -0.475 e. The van der Waals surface area contributed by atoms with E-state index in [0.717, 1.165) is 4.47 Å². The Morgan fingerprint density at radius 2 is 2.00 bits per heavy atom. The Kier molecular flexibility index (Phi) is 2.83. The number of benzene rings is 1. The molecule has 13 heavy (non-hydrogen) atoms. The Bertz CT molecular complexity index is 371. The van der Waals surface area contributed by atoms with Crippen LogP contribution < -0.4 is 0 Å². The Balaban J connectivity index is 3.16. The monoisotopic (exact) mass is 242 g/mol. The van der Waals surface area contributed by atoms with Crippen LogP contribution in [0.5, 0.6) is 0 Å². The summed E-state index contributed by atoms with van der Waals surface area (Å²) >= 11 is 3.22. The summed E-state index contributed by atoms with van der Waals surface area (Å²) in [5.74, 6) is -2.30. The van der Waals surface area contributed by atoms with Gasteiger partial charge < -0.3 is 5.11 Å². The summed E-state index contributed by atoms with van der Waals surface area (Å²) in [6.07, 6.45) is 0. The molecule has 0 saturated carbocycles. The van der Waals surface area contributed by atoms with Crippen molar-refractivity contribution in [1.82, 2.24) is 0 Å². The molecular weight excluding hydrogens is 236 g/mol. The maximum Gasteiger partial charge on any atom is 0.377 e. The highest BCUT2D eigenvalue weighted by Crippen LogP contribution is 2.16. The molecule has 0 aromatic heterocycles. The molecule has 0 bridgehead atoms. The predicted molar refractivity (Wildman–Crippen MR) is 50.8 cm³/mol. The lowest BCUT2D eigenvalue weighted by Crippen LogP contribution is -2.13. The highest BCUT2D eigenvalue weighted by Gasteiger charge is 2.16. The summed E-state index contributed by atoms with van der Waals surface area (Å²) in [5, 5.41) is 8.47. The molecule has 0 radical (unpaired) electrons. The first-order valence-corrected chi connectivity index (χ1v) is 4.35. The second kappa shape index (κ2) is 3.70. The van der Waals surface area contributed by atoms with Gasteiger partial charge in [-0.15, -0.1) is 0 Å². The van der Waals surface area contributed by atoms with Crippen molar-refractivity contribution in [3.05, 3.63) is 33.8 Å². The van der Waals surface area contributed by atoms with Crippen LogP contribution in [0.25, 0.3) is 0 Å². The normalized spacial score (nSPS) is 9.69. The lowest BCUT2D eigenvalue weighted by atomic mass is 10.1. The van der Waals surface area contributed by atoms with Crippen LogP contribution in [-0.4, -0.2) is 16.9 Å². The van der Waals surface area contributed by atoms with Crippen molar-refractivity contribution in [2.45, 2.75) is 6.92 Å². The molecule has 3 nitrogen and oxygen atoms in total. The molecule has 1 aromatic rings. The topological polar surface area (TPSA) is 54.4 Å². The van der Waals surface area contributed by atoms with Crippen molar-refractivity contribution in [1.29, 1.82) is 0 Å². The van der Waals surface area contributed by atoms with Crippen LogP contribution in [0.3, 0.4) is 0 Å². The van der Waals surface area contributed by atoms with E-state index in [2.05, 4.69) is 15.9 Å². The largest absolute Gasteiger partial charge is 0.475 e. The van der Waals surface area contributed by atoms with Gasteiger partial charge in [-0.3, -0.25) is 4.79 Å². The highest BCUT2D eigenvalue weighted by molar-refractivity contribution is 9.10. The van der Waals surface area contributed by atoms with Gasteiger partial charge in [-0.1, -0.05) is 15.9 Å². The molecular formula is C9H7BrO3. The molecule has 0 fully saturated rings. The Morgan fingerprint density at radius 3 is 2.46 bits per heavy atom. The molecule has 68 valence electrons. The van der Waals surface area contributed by atoms with Gasteiger partial charge >= 0.3 is 5.97 Å². The van der Waals surface area contributed by atoms with E-state index in [4.69, 9.17) is 5.11 Å². The van der Waals surface area contributed by atoms with E-state index >= 15 is 0 Å². The zero-order chi connectivity index (χ0) is 10.0. The highest BCUT2D eigenvalue weighted by atomic mass is 79.9. The van der Waals surface area contributed by atoms with Crippen molar-refractivity contribution < 1.29 is 14.7 Å². The first-order valence-electron chi connectivity index (χ1n) is 3.56. The molecule has 0 heterocycles. The molecule has 0 aliphatic carbocycles. The summed E-state index contributed by atoms with van der Waals surface area (Å²) < 4.78 is 0.826. The predicted octanol–water partition coefficient (Wildman–Crippen LogP) is 2.02. The zero-order valence-electron chi connectivity index (χ0n) is 6.87. The lowest BCUT2D eigenvalue weighted by molar-refractivity contribution is -0.131. The van der Waals surface area contributed by atoms with E-state index in [1.165, 1.54) is 6.07 Å². The van der Waals surface area contributed by atoms with Crippen molar-refractivity contribution >= 4 is 27.7 Å². The molecule has 0 aliphatic heterocycles. The molecule has 0 aliphatic rings. The molecule has 0 saturated heterocycles. The van der Waals surface area contributed by atoms with Crippen molar-refractivity contribution in [3.63, 3.8) is 0 Å². The summed E-state index contributed by atoms with van der Waals surface area (Å²) in [6, 6.07) is 4.84. The second-order valence-electron chi connectivity index (χ2n) is 2.59. The van der Waals surface area contributed by atoms with Crippen LogP contribution in [0, 0.1) is 6.92 Å². The quantitative estimate of drug-likeness (QED) is 0.638. The number of carbonyl (C=O) groups excluding carboxylic acids is 1. The standard InChI is InChI=1S/C9H7BrO3/c1-5-4-6(10)2-3-7(5)8(11)9(12)13/h2-4H,1H3,(H,12,13). The Hall–Kier alpha value is -1.16. The molecule has 1 N–H and O–H groups in total. The number of ketones is 1. The third-order valence-electron chi connectivity index (χ3n) is 1.63. The molecule has 0 atom stereocenters. The van der Waals surface area contributed by atoms with Gasteiger partial charge in [0.15, 0.2) is 0 Å². The number of hydrogen-bond donors (Lipinski definition) is 1. The maximum atomic E-state index is 11.1. The molecule has 0 spiro atoms. The van der Waals surface area contributed by atoms with Crippen LogP contribution >= 0.6 is 15.9 Å². The van der Waals surface area contributed by atoms with Crippen LogP contribution in [0.1, 0.15) is 15.9 Å². The number of Topliss-reactive ketones (excluding diaryl/α,β-unsaturated/α-hetero) is 1. The van der Waals surface area contributed by atoms with E-state index in [-0.39, 0.29) is 5.56 Å².